The van der Waals surface area contributed by atoms with Gasteiger partial charge in [-0.2, -0.15) is 5.10 Å². The van der Waals surface area contributed by atoms with Crippen molar-refractivity contribution >= 4 is 23.0 Å². The van der Waals surface area contributed by atoms with Crippen molar-refractivity contribution in [1.82, 2.24) is 10.7 Å². The van der Waals surface area contributed by atoms with Gasteiger partial charge in [-0.1, -0.05) is 6.08 Å². The fraction of sp³-hybridized carbons (Fsp3) is 0.333. The number of nitrogens with one attached hydrogen (secondary N) is 2. The van der Waals surface area contributed by atoms with Gasteiger partial charge in [0.05, 0.1) is 19.4 Å². The monoisotopic (exact) mass is 307 g/mol. The van der Waals surface area contributed by atoms with Gasteiger partial charge in [0.2, 0.25) is 0 Å². The Morgan fingerprint density at radius 1 is 1.43 bits per heavy atom. The molecule has 0 unspecified atom stereocenters. The number of benzene rings is 1. The average molecular weight is 307 g/mol. The van der Waals surface area contributed by atoms with Gasteiger partial charge in [0.25, 0.3) is 0 Å². The van der Waals surface area contributed by atoms with Gasteiger partial charge in [-0.25, -0.2) is 0 Å². The van der Waals surface area contributed by atoms with Crippen molar-refractivity contribution in [2.24, 2.45) is 5.10 Å². The molecule has 0 aliphatic rings. The summed E-state index contributed by atoms with van der Waals surface area (Å²) < 4.78 is 10.5. The Kier molecular flexibility index (Phi) is 7.42. The number of hydrogen-bond donors (Lipinski definition) is 2. The molecule has 1 aromatic carbocycles. The van der Waals surface area contributed by atoms with E-state index < -0.39 is 0 Å². The van der Waals surface area contributed by atoms with Gasteiger partial charge in [-0.3, -0.25) is 5.43 Å². The average Bonchev–Trinajstić information content (AvgIpc) is 2.50. The zero-order valence-corrected chi connectivity index (χ0v) is 13.4. The second-order valence-corrected chi connectivity index (χ2v) is 4.68. The van der Waals surface area contributed by atoms with E-state index in [1.165, 1.54) is 0 Å². The van der Waals surface area contributed by atoms with Gasteiger partial charge in [0.1, 0.15) is 5.75 Å². The van der Waals surface area contributed by atoms with Crippen LogP contribution >= 0.6 is 12.2 Å². The van der Waals surface area contributed by atoms with Crippen molar-refractivity contribution in [2.75, 3.05) is 20.8 Å². The highest BCUT2D eigenvalue weighted by Crippen LogP contribution is 2.21. The Balaban J connectivity index is 2.81. The summed E-state index contributed by atoms with van der Waals surface area (Å²) in [5.74, 6) is 0.796. The first-order valence-electron chi connectivity index (χ1n) is 6.47. The highest BCUT2D eigenvalue weighted by Gasteiger charge is 2.06. The molecule has 0 amide bonds. The zero-order valence-electron chi connectivity index (χ0n) is 12.6. The van der Waals surface area contributed by atoms with E-state index in [1.54, 1.807) is 20.3 Å². The van der Waals surface area contributed by atoms with E-state index in [4.69, 9.17) is 21.7 Å². The van der Waals surface area contributed by atoms with E-state index >= 15 is 0 Å². The minimum Gasteiger partial charge on any atom is -0.496 e. The standard InChI is InChI=1S/C15H21N3O2S/c1-5-8-16-15(21)18-17-11(2)12-6-7-14(20-4)13(9-12)10-19-3/h5-7,9H,1,8,10H2,2-4H3,(H2,16,18,21)/b17-11-. The molecule has 0 radical (unpaired) electrons. The second-order valence-electron chi connectivity index (χ2n) is 4.27. The van der Waals surface area contributed by atoms with Gasteiger partial charge in [-0.15, -0.1) is 6.58 Å². The normalized spacial score (nSPS) is 10.9. The van der Waals surface area contributed by atoms with Crippen LogP contribution in [0.4, 0.5) is 0 Å². The maximum Gasteiger partial charge on any atom is 0.187 e. The van der Waals surface area contributed by atoms with Crippen LogP contribution in [0.2, 0.25) is 0 Å². The zero-order chi connectivity index (χ0) is 15.7. The number of hydrazone groups is 1. The van der Waals surface area contributed by atoms with Crippen molar-refractivity contribution in [3.8, 4) is 5.75 Å². The summed E-state index contributed by atoms with van der Waals surface area (Å²) in [7, 11) is 3.29. The third-order valence-electron chi connectivity index (χ3n) is 2.73. The minimum absolute atomic E-state index is 0.458. The van der Waals surface area contributed by atoms with Crippen LogP contribution in [-0.4, -0.2) is 31.6 Å². The maximum absolute atomic E-state index is 5.30. The van der Waals surface area contributed by atoms with Gasteiger partial charge >= 0.3 is 0 Å². The van der Waals surface area contributed by atoms with Gasteiger partial charge in [0, 0.05) is 19.2 Å². The number of thiocarbonyl (C=S) groups is 1. The topological polar surface area (TPSA) is 54.9 Å². The summed E-state index contributed by atoms with van der Waals surface area (Å²) in [6.45, 7) is 6.60. The van der Waals surface area contributed by atoms with Crippen LogP contribution in [0.25, 0.3) is 0 Å². The summed E-state index contributed by atoms with van der Waals surface area (Å²) in [6, 6.07) is 5.83. The van der Waals surface area contributed by atoms with E-state index in [2.05, 4.69) is 22.4 Å². The van der Waals surface area contributed by atoms with Gasteiger partial charge < -0.3 is 14.8 Å². The van der Waals surface area contributed by atoms with Crippen LogP contribution in [0.5, 0.6) is 5.75 Å². The van der Waals surface area contributed by atoms with Crippen molar-refractivity contribution < 1.29 is 9.47 Å². The molecule has 1 rings (SSSR count). The van der Waals surface area contributed by atoms with Crippen molar-refractivity contribution in [1.29, 1.82) is 0 Å². The van der Waals surface area contributed by atoms with E-state index in [1.807, 2.05) is 25.1 Å². The molecule has 5 nitrogen and oxygen atoms in total. The lowest BCUT2D eigenvalue weighted by molar-refractivity contribution is 0.181. The molecule has 6 heteroatoms. The van der Waals surface area contributed by atoms with Gasteiger partial charge in [-0.05, 0) is 42.9 Å². The fourth-order valence-electron chi connectivity index (χ4n) is 1.68. The first-order valence-corrected chi connectivity index (χ1v) is 6.88. The summed E-state index contributed by atoms with van der Waals surface area (Å²) in [5.41, 5.74) is 5.56. The molecule has 0 saturated heterocycles. The third-order valence-corrected chi connectivity index (χ3v) is 2.97. The SMILES string of the molecule is C=CCNC(=S)N/N=C(/C)c1ccc(OC)c(COC)c1. The van der Waals surface area contributed by atoms with Crippen LogP contribution in [0.1, 0.15) is 18.1 Å². The van der Waals surface area contributed by atoms with Crippen LogP contribution in [0.15, 0.2) is 36.0 Å². The molecular formula is C15H21N3O2S. The van der Waals surface area contributed by atoms with Crippen molar-refractivity contribution in [3.63, 3.8) is 0 Å². The van der Waals surface area contributed by atoms with Crippen molar-refractivity contribution in [3.05, 3.63) is 42.0 Å². The molecule has 0 heterocycles. The highest BCUT2D eigenvalue weighted by atomic mass is 32.1. The lowest BCUT2D eigenvalue weighted by atomic mass is 10.1. The van der Waals surface area contributed by atoms with E-state index in [0.717, 1.165) is 22.6 Å². The number of ether oxygens (including phenoxy) is 2. The number of rotatable bonds is 7. The summed E-state index contributed by atoms with van der Waals surface area (Å²) in [4.78, 5) is 0. The van der Waals surface area contributed by atoms with E-state index in [0.29, 0.717) is 18.3 Å². The van der Waals surface area contributed by atoms with E-state index in [-0.39, 0.29) is 0 Å². The molecule has 0 fully saturated rings. The molecule has 0 aromatic heterocycles. The molecule has 0 spiro atoms. The third kappa shape index (κ3) is 5.53. The lowest BCUT2D eigenvalue weighted by Crippen LogP contribution is -2.32. The smallest absolute Gasteiger partial charge is 0.187 e. The van der Waals surface area contributed by atoms with Crippen LogP contribution in [0, 0.1) is 0 Å². The Bertz CT molecular complexity index is 530. The first kappa shape index (κ1) is 17.1. The Hall–Kier alpha value is -1.92. The predicted octanol–water partition coefficient (Wildman–Crippen LogP) is 2.22. The minimum atomic E-state index is 0.458. The van der Waals surface area contributed by atoms with Crippen LogP contribution in [-0.2, 0) is 11.3 Å². The molecule has 0 aliphatic heterocycles. The largest absolute Gasteiger partial charge is 0.496 e. The molecule has 0 atom stereocenters. The highest BCUT2D eigenvalue weighted by molar-refractivity contribution is 7.80. The summed E-state index contributed by atoms with van der Waals surface area (Å²) in [5, 5.41) is 7.65. The Morgan fingerprint density at radius 3 is 2.81 bits per heavy atom. The maximum atomic E-state index is 5.30. The molecular weight excluding hydrogens is 286 g/mol. The molecule has 114 valence electrons. The molecule has 2 N–H and O–H groups in total. The first-order chi connectivity index (χ1) is 10.1. The number of nitrogens with zero attached hydrogens (tertiary/aromatic N) is 1. The Labute approximate surface area is 131 Å². The predicted molar refractivity (Wildman–Crippen MR) is 89.9 cm³/mol. The molecule has 0 aliphatic carbocycles. The lowest BCUT2D eigenvalue weighted by Gasteiger charge is -2.10. The molecule has 1 aromatic rings. The fourth-order valence-corrected chi connectivity index (χ4v) is 1.80. The summed E-state index contributed by atoms with van der Waals surface area (Å²) >= 11 is 5.08. The van der Waals surface area contributed by atoms with Gasteiger partial charge in [0.15, 0.2) is 5.11 Å². The number of methoxy groups -OCH3 is 2. The molecule has 0 bridgehead atoms. The second kappa shape index (κ2) is 9.10. The molecule has 21 heavy (non-hydrogen) atoms. The van der Waals surface area contributed by atoms with Crippen LogP contribution in [0.3, 0.4) is 0 Å². The Morgan fingerprint density at radius 2 is 2.19 bits per heavy atom. The molecule has 0 saturated carbocycles. The van der Waals surface area contributed by atoms with Crippen LogP contribution < -0.4 is 15.5 Å². The summed E-state index contributed by atoms with van der Waals surface area (Å²) in [6.07, 6.45) is 1.73. The quantitative estimate of drug-likeness (QED) is 0.350. The number of hydrogen-bond acceptors (Lipinski definition) is 4. The van der Waals surface area contributed by atoms with E-state index in [9.17, 15) is 0 Å². The van der Waals surface area contributed by atoms with Crippen molar-refractivity contribution in [2.45, 2.75) is 13.5 Å².